The summed E-state index contributed by atoms with van der Waals surface area (Å²) in [6.45, 7) is 20.9. The van der Waals surface area contributed by atoms with Crippen LogP contribution in [0.2, 0.25) is 5.02 Å². The van der Waals surface area contributed by atoms with Gasteiger partial charge < -0.3 is 24.5 Å². The van der Waals surface area contributed by atoms with Gasteiger partial charge in [-0.25, -0.2) is 0 Å². The SMILES string of the molecule is CCC(C)(C)c1ccc(OCCCC(=O)Nc2ccc(Cl)c(NC(=O)C(Sc3nnc(COc4ccc(C)cc4)o3)C(=O)C(C)(C)C)c2)c(C(C)(C)CC)c1. The zero-order valence-electron chi connectivity index (χ0n) is 33.7. The molecule has 1 aromatic heterocycles. The van der Waals surface area contributed by atoms with Crippen molar-refractivity contribution in [2.75, 3.05) is 17.2 Å². The van der Waals surface area contributed by atoms with Gasteiger partial charge in [0.1, 0.15) is 11.5 Å². The fourth-order valence-corrected chi connectivity index (χ4v) is 6.60. The van der Waals surface area contributed by atoms with Crippen LogP contribution >= 0.6 is 23.4 Å². The number of aromatic nitrogens is 2. The normalized spacial score (nSPS) is 12.6. The average Bonchev–Trinajstić information content (AvgIpc) is 3.60. The summed E-state index contributed by atoms with van der Waals surface area (Å²) in [6, 6.07) is 18.8. The fourth-order valence-electron chi connectivity index (χ4n) is 5.38. The van der Waals surface area contributed by atoms with Crippen molar-refractivity contribution in [3.63, 3.8) is 0 Å². The zero-order valence-corrected chi connectivity index (χ0v) is 35.3. The number of benzene rings is 3. The molecule has 1 atom stereocenters. The highest BCUT2D eigenvalue weighted by atomic mass is 35.5. The summed E-state index contributed by atoms with van der Waals surface area (Å²) in [5, 5.41) is 12.7. The molecule has 4 rings (SSSR count). The molecule has 0 aliphatic rings. The third-order valence-corrected chi connectivity index (χ3v) is 11.2. The van der Waals surface area contributed by atoms with Crippen LogP contribution in [0, 0.1) is 12.3 Å². The summed E-state index contributed by atoms with van der Waals surface area (Å²) in [7, 11) is 0. The van der Waals surface area contributed by atoms with E-state index < -0.39 is 16.6 Å². The Morgan fingerprint density at radius 1 is 0.855 bits per heavy atom. The number of nitrogens with zero attached hydrogens (tertiary/aromatic N) is 2. The topological polar surface area (TPSA) is 133 Å². The Morgan fingerprint density at radius 3 is 2.20 bits per heavy atom. The first-order valence-electron chi connectivity index (χ1n) is 18.7. The highest BCUT2D eigenvalue weighted by Gasteiger charge is 2.37. The number of nitrogens with one attached hydrogen (secondary N) is 2. The molecule has 1 heterocycles. The van der Waals surface area contributed by atoms with Crippen LogP contribution in [0.3, 0.4) is 0 Å². The summed E-state index contributed by atoms with van der Waals surface area (Å²) in [6.07, 6.45) is 2.71. The van der Waals surface area contributed by atoms with Crippen LogP contribution in [-0.4, -0.2) is 39.7 Å². The van der Waals surface area contributed by atoms with Crippen molar-refractivity contribution in [2.45, 2.75) is 123 Å². The van der Waals surface area contributed by atoms with Crippen LogP contribution < -0.4 is 20.1 Å². The van der Waals surface area contributed by atoms with E-state index in [1.807, 2.05) is 31.2 Å². The quantitative estimate of drug-likeness (QED) is 0.0574. The van der Waals surface area contributed by atoms with Crippen molar-refractivity contribution in [3.8, 4) is 11.5 Å². The number of thioether (sulfide) groups is 1. The van der Waals surface area contributed by atoms with Gasteiger partial charge in [0.25, 0.3) is 11.1 Å². The predicted molar refractivity (Wildman–Crippen MR) is 220 cm³/mol. The Morgan fingerprint density at radius 2 is 1.55 bits per heavy atom. The largest absolute Gasteiger partial charge is 0.493 e. The summed E-state index contributed by atoms with van der Waals surface area (Å²) in [5.74, 6) is 0.487. The second-order valence-corrected chi connectivity index (χ2v) is 17.5. The first-order valence-corrected chi connectivity index (χ1v) is 20.0. The third-order valence-electron chi connectivity index (χ3n) is 9.84. The minimum Gasteiger partial charge on any atom is -0.493 e. The van der Waals surface area contributed by atoms with Gasteiger partial charge in [-0.1, -0.05) is 104 Å². The first kappa shape index (κ1) is 43.4. The van der Waals surface area contributed by atoms with Crippen molar-refractivity contribution < 1.29 is 28.3 Å². The van der Waals surface area contributed by atoms with Crippen molar-refractivity contribution in [2.24, 2.45) is 5.41 Å². The Kier molecular flexibility index (Phi) is 14.6. The lowest BCUT2D eigenvalue weighted by molar-refractivity contribution is -0.130. The Bertz CT molecular complexity index is 1950. The Balaban J connectivity index is 1.37. The van der Waals surface area contributed by atoms with Crippen LogP contribution in [0.1, 0.15) is 111 Å². The van der Waals surface area contributed by atoms with E-state index in [9.17, 15) is 14.4 Å². The minimum atomic E-state index is -1.24. The van der Waals surface area contributed by atoms with Crippen molar-refractivity contribution in [1.29, 1.82) is 0 Å². The van der Waals surface area contributed by atoms with E-state index in [1.54, 1.807) is 39.0 Å². The number of Topliss-reactive ketones (excluding diaryl/α,β-unsaturated/α-hetero) is 1. The van der Waals surface area contributed by atoms with Gasteiger partial charge in [-0.2, -0.15) is 0 Å². The molecular weight excluding hydrogens is 736 g/mol. The second kappa shape index (κ2) is 18.5. The van der Waals surface area contributed by atoms with E-state index in [0.717, 1.165) is 35.9 Å². The van der Waals surface area contributed by atoms with E-state index in [2.05, 4.69) is 80.6 Å². The standard InChI is InChI=1S/C43H55ClN4O6S/c1-11-42(7,8)28-17-22-34(31(24-28)43(9,10)12-2)52-23-13-14-35(49)45-29-18-21-32(44)33(25-29)46-39(51)37(38(50)41(4,5)6)55-40-48-47-36(54-40)26-53-30-19-15-27(3)16-20-30/h15-22,24-25,37H,11-14,23,26H2,1-10H3,(H,45,49)(H,46,51). The highest BCUT2D eigenvalue weighted by molar-refractivity contribution is 8.01. The van der Waals surface area contributed by atoms with Crippen LogP contribution in [0.25, 0.3) is 0 Å². The van der Waals surface area contributed by atoms with Gasteiger partial charge in [-0.3, -0.25) is 14.4 Å². The van der Waals surface area contributed by atoms with Crippen LogP contribution in [0.5, 0.6) is 11.5 Å². The summed E-state index contributed by atoms with van der Waals surface area (Å²) < 4.78 is 17.7. The molecule has 2 amide bonds. The predicted octanol–water partition coefficient (Wildman–Crippen LogP) is 10.5. The number of aryl methyl sites for hydroxylation is 1. The number of carbonyl (C=O) groups is 3. The van der Waals surface area contributed by atoms with Crippen LogP contribution in [-0.2, 0) is 31.8 Å². The minimum absolute atomic E-state index is 0.0195. The van der Waals surface area contributed by atoms with Gasteiger partial charge in [-0.05, 0) is 90.7 Å². The molecule has 2 N–H and O–H groups in total. The number of halogens is 1. The molecule has 296 valence electrons. The average molecular weight is 791 g/mol. The summed E-state index contributed by atoms with van der Waals surface area (Å²) in [5.41, 5.74) is 3.36. The Labute approximate surface area is 334 Å². The van der Waals surface area contributed by atoms with E-state index in [-0.39, 0.29) is 57.4 Å². The van der Waals surface area contributed by atoms with E-state index >= 15 is 0 Å². The molecule has 10 nitrogen and oxygen atoms in total. The summed E-state index contributed by atoms with van der Waals surface area (Å²) in [4.78, 5) is 40.2. The number of ketones is 1. The molecule has 1 unspecified atom stereocenters. The maximum Gasteiger partial charge on any atom is 0.277 e. The van der Waals surface area contributed by atoms with Gasteiger partial charge in [0.15, 0.2) is 17.6 Å². The molecule has 0 aliphatic carbocycles. The molecule has 55 heavy (non-hydrogen) atoms. The molecule has 0 radical (unpaired) electrons. The van der Waals surface area contributed by atoms with Crippen LogP contribution in [0.15, 0.2) is 70.3 Å². The Hall–Kier alpha value is -4.35. The number of ether oxygens (including phenoxy) is 2. The number of hydrogen-bond acceptors (Lipinski definition) is 9. The molecule has 3 aromatic carbocycles. The van der Waals surface area contributed by atoms with Gasteiger partial charge in [0, 0.05) is 23.1 Å². The number of hydrogen-bond donors (Lipinski definition) is 2. The van der Waals surface area contributed by atoms with Gasteiger partial charge >= 0.3 is 0 Å². The molecule has 12 heteroatoms. The van der Waals surface area contributed by atoms with Crippen LogP contribution in [0.4, 0.5) is 11.4 Å². The molecule has 4 aromatic rings. The van der Waals surface area contributed by atoms with Gasteiger partial charge in [-0.15, -0.1) is 10.2 Å². The number of amides is 2. The first-order chi connectivity index (χ1) is 25.8. The monoisotopic (exact) mass is 790 g/mol. The van der Waals surface area contributed by atoms with Gasteiger partial charge in [0.05, 0.1) is 17.3 Å². The summed E-state index contributed by atoms with van der Waals surface area (Å²) >= 11 is 7.33. The van der Waals surface area contributed by atoms with Crippen molar-refractivity contribution >= 4 is 52.3 Å². The zero-order chi connectivity index (χ0) is 40.6. The lowest BCUT2D eigenvalue weighted by Crippen LogP contribution is -2.39. The maximum atomic E-state index is 13.7. The molecule has 0 saturated carbocycles. The molecular formula is C43H55ClN4O6S. The van der Waals surface area contributed by atoms with Gasteiger partial charge in [0.2, 0.25) is 11.8 Å². The molecule has 0 spiro atoms. The molecule has 0 aliphatic heterocycles. The molecule has 0 saturated heterocycles. The number of carbonyl (C=O) groups excluding carboxylic acids is 3. The second-order valence-electron chi connectivity index (χ2n) is 16.0. The third kappa shape index (κ3) is 12.1. The van der Waals surface area contributed by atoms with E-state index in [4.69, 9.17) is 25.5 Å². The molecule has 0 fully saturated rings. The smallest absolute Gasteiger partial charge is 0.277 e. The maximum absolute atomic E-state index is 13.7. The van der Waals surface area contributed by atoms with E-state index in [1.165, 1.54) is 11.1 Å². The lowest BCUT2D eigenvalue weighted by atomic mass is 9.76. The van der Waals surface area contributed by atoms with Crippen molar-refractivity contribution in [3.05, 3.63) is 88.3 Å². The molecule has 0 bridgehead atoms. The van der Waals surface area contributed by atoms with E-state index in [0.29, 0.717) is 24.5 Å². The lowest BCUT2D eigenvalue weighted by Gasteiger charge is -2.30. The number of rotatable bonds is 18. The fraction of sp³-hybridized carbons (Fsp3) is 0.465. The van der Waals surface area contributed by atoms with Crippen molar-refractivity contribution in [1.82, 2.24) is 10.2 Å². The number of anilines is 2. The highest BCUT2D eigenvalue weighted by Crippen LogP contribution is 2.39.